The Balaban J connectivity index is 0.000000315. The number of nitrogens with zero attached hydrogens (tertiary/aromatic N) is 2. The van der Waals surface area contributed by atoms with Crippen LogP contribution in [0.1, 0.15) is 135 Å². The molecule has 0 spiro atoms. The summed E-state index contributed by atoms with van der Waals surface area (Å²) in [7, 11) is 0. The van der Waals surface area contributed by atoms with E-state index in [0.717, 1.165) is 42.0 Å². The molecule has 0 amide bonds. The first-order chi connectivity index (χ1) is 27.9. The van der Waals surface area contributed by atoms with Gasteiger partial charge in [0.1, 0.15) is 0 Å². The minimum absolute atomic E-state index is 0. The van der Waals surface area contributed by atoms with Crippen LogP contribution >= 0.6 is 0 Å². The smallest absolute Gasteiger partial charge is 0.162 e. The fraction of sp³-hybridized carbons (Fsp3) is 0.370. The molecule has 59 heavy (non-hydrogen) atoms. The van der Waals surface area contributed by atoms with Crippen LogP contribution in [0.2, 0.25) is 0 Å². The number of aryl methyl sites for hydroxylation is 1. The van der Waals surface area contributed by atoms with Gasteiger partial charge in [0.15, 0.2) is 5.78 Å². The Labute approximate surface area is 364 Å². The van der Waals surface area contributed by atoms with E-state index in [2.05, 4.69) is 132 Å². The molecule has 0 saturated carbocycles. The van der Waals surface area contributed by atoms with E-state index in [9.17, 15) is 9.90 Å². The number of carbonyl (C=O) groups is 1. The van der Waals surface area contributed by atoms with Crippen molar-refractivity contribution < 1.29 is 30.0 Å². The van der Waals surface area contributed by atoms with E-state index < -0.39 is 0 Å². The van der Waals surface area contributed by atoms with E-state index in [1.54, 1.807) is 0 Å². The topological polar surface area (TPSA) is 54.6 Å². The van der Waals surface area contributed by atoms with Crippen LogP contribution in [0, 0.1) is 24.8 Å². The number of aromatic nitrogens is 2. The summed E-state index contributed by atoms with van der Waals surface area (Å²) in [6.45, 7) is 24.4. The van der Waals surface area contributed by atoms with Crippen LogP contribution in [0.25, 0.3) is 70.9 Å². The Bertz CT molecular complexity index is 2790. The average molecular weight is 962 g/mol. The van der Waals surface area contributed by atoms with Crippen molar-refractivity contribution in [2.75, 3.05) is 0 Å². The van der Waals surface area contributed by atoms with Crippen LogP contribution in [0.15, 0.2) is 90.8 Å². The Hall–Kier alpha value is -4.57. The molecule has 1 N–H and O–H groups in total. The van der Waals surface area contributed by atoms with Gasteiger partial charge in [-0.2, -0.15) is 0 Å². The van der Waals surface area contributed by atoms with E-state index in [1.807, 2.05) is 33.9 Å². The molecule has 0 aliphatic rings. The summed E-state index contributed by atoms with van der Waals surface area (Å²) >= 11 is 0. The van der Waals surface area contributed by atoms with E-state index >= 15 is 0 Å². The van der Waals surface area contributed by atoms with Crippen LogP contribution in [0.5, 0.6) is 0 Å². The SMILES string of the molecule is CCC(CC)C(=O)/C=C(\O)C(CC)CC.Cc1c2ccccc2[c-]c2c3nccc4cc(-c5c(C(C)C)cc(C(C)C)cc5C(C)C)c5c6ccccc6n(c12)c5c43.[Ir]. The van der Waals surface area contributed by atoms with Gasteiger partial charge in [-0.15, -0.1) is 17.5 Å². The Morgan fingerprint density at radius 1 is 0.746 bits per heavy atom. The molecule has 309 valence electrons. The van der Waals surface area contributed by atoms with Gasteiger partial charge in [0.05, 0.1) is 11.3 Å². The zero-order valence-electron chi connectivity index (χ0n) is 36.9. The van der Waals surface area contributed by atoms with Crippen molar-refractivity contribution in [2.45, 2.75) is 120 Å². The van der Waals surface area contributed by atoms with Crippen LogP contribution in [0.4, 0.5) is 0 Å². The molecule has 1 radical (unpaired) electrons. The average Bonchev–Trinajstić information content (AvgIpc) is 3.56. The summed E-state index contributed by atoms with van der Waals surface area (Å²) in [5.74, 6) is 1.82. The molecule has 8 rings (SSSR count). The fourth-order valence-corrected chi connectivity index (χ4v) is 9.37. The van der Waals surface area contributed by atoms with Gasteiger partial charge >= 0.3 is 0 Å². The summed E-state index contributed by atoms with van der Waals surface area (Å²) in [6, 6.07) is 31.1. The van der Waals surface area contributed by atoms with Crippen molar-refractivity contribution in [3.63, 3.8) is 0 Å². The van der Waals surface area contributed by atoms with Crippen LogP contribution < -0.4 is 0 Å². The number of benzene rings is 5. The standard InChI is InChI=1S/C41H37N2.C13H24O2.Ir/c1-22(2)28-20-31(23(3)4)37(32(21-28)24(5)6)33-19-27-16-17-42-39-34-18-26-12-8-9-13-29(26)25(7)40(34)43-35-15-11-10-14-30(35)38(33)41(43)36(27)39;1-5-10(6-2)12(14)9-13(15)11(7-3)8-4;/h8-17,19-24H,1-7H3;9-11,14H,5-8H2,1-4H3;/q-1;;/b;12-9-;. The fourth-order valence-electron chi connectivity index (χ4n) is 9.37. The van der Waals surface area contributed by atoms with Crippen LogP contribution in [-0.2, 0) is 24.9 Å². The number of carbonyl (C=O) groups excluding carboxylic acids is 1. The van der Waals surface area contributed by atoms with E-state index in [1.165, 1.54) is 82.9 Å². The minimum atomic E-state index is 0. The summed E-state index contributed by atoms with van der Waals surface area (Å²) in [5, 5.41) is 18.3. The number of allylic oxidation sites excluding steroid dienone is 2. The number of aliphatic hydroxyl groups is 1. The molecule has 0 fully saturated rings. The monoisotopic (exact) mass is 962 g/mol. The van der Waals surface area contributed by atoms with Crippen molar-refractivity contribution >= 4 is 65.6 Å². The van der Waals surface area contributed by atoms with Gasteiger partial charge in [0.2, 0.25) is 0 Å². The number of aliphatic hydroxyl groups excluding tert-OH is 1. The Kier molecular flexibility index (Phi) is 13.4. The second kappa shape index (κ2) is 18.0. The van der Waals surface area contributed by atoms with E-state index in [4.69, 9.17) is 4.98 Å². The number of ketones is 1. The van der Waals surface area contributed by atoms with Gasteiger partial charge in [0.25, 0.3) is 0 Å². The molecule has 3 heterocycles. The zero-order valence-corrected chi connectivity index (χ0v) is 39.3. The number of fused-ring (bicyclic) bond motifs is 7. The van der Waals surface area contributed by atoms with E-state index in [0.29, 0.717) is 17.8 Å². The maximum absolute atomic E-state index is 11.7. The third-order valence-electron chi connectivity index (χ3n) is 12.8. The number of hydrogen-bond acceptors (Lipinski definition) is 3. The molecule has 5 aromatic carbocycles. The second-order valence-electron chi connectivity index (χ2n) is 17.3. The first-order valence-corrected chi connectivity index (χ1v) is 21.8. The third-order valence-corrected chi connectivity index (χ3v) is 12.8. The molecule has 8 aromatic rings. The predicted octanol–water partition coefficient (Wildman–Crippen LogP) is 15.6. The van der Waals surface area contributed by atoms with Gasteiger partial charge in [0, 0.05) is 66.0 Å². The van der Waals surface area contributed by atoms with Gasteiger partial charge in [-0.05, 0) is 106 Å². The van der Waals surface area contributed by atoms with Crippen LogP contribution in [-0.4, -0.2) is 20.3 Å². The van der Waals surface area contributed by atoms with E-state index in [-0.39, 0.29) is 43.5 Å². The molecule has 0 bridgehead atoms. The molecule has 0 atom stereocenters. The number of hydrogen-bond donors (Lipinski definition) is 1. The third kappa shape index (κ3) is 7.71. The minimum Gasteiger partial charge on any atom is -0.512 e. The number of para-hydroxylation sites is 1. The molecular formula is C54H61IrN2O2-. The quantitative estimate of drug-likeness (QED) is 0.0462. The van der Waals surface area contributed by atoms with Gasteiger partial charge in [-0.1, -0.05) is 141 Å². The van der Waals surface area contributed by atoms with Crippen molar-refractivity contribution in [2.24, 2.45) is 11.8 Å². The summed E-state index contributed by atoms with van der Waals surface area (Å²) in [5.41, 5.74) is 13.1. The van der Waals surface area contributed by atoms with Crippen molar-refractivity contribution in [1.29, 1.82) is 0 Å². The second-order valence-corrected chi connectivity index (χ2v) is 17.3. The summed E-state index contributed by atoms with van der Waals surface area (Å²) < 4.78 is 2.53. The van der Waals surface area contributed by atoms with Crippen LogP contribution in [0.3, 0.4) is 0 Å². The largest absolute Gasteiger partial charge is 0.512 e. The molecular weight excluding hydrogens is 901 g/mol. The first kappa shape index (κ1) is 44.0. The molecule has 0 aliphatic carbocycles. The zero-order chi connectivity index (χ0) is 41.6. The molecule has 5 heteroatoms. The maximum atomic E-state index is 11.7. The molecule has 3 aromatic heterocycles. The number of pyridine rings is 2. The van der Waals surface area contributed by atoms with Gasteiger partial charge in [-0.3, -0.25) is 9.78 Å². The summed E-state index contributed by atoms with van der Waals surface area (Å²) in [4.78, 5) is 16.8. The van der Waals surface area contributed by atoms with Gasteiger partial charge < -0.3 is 9.51 Å². The Morgan fingerprint density at radius 2 is 1.34 bits per heavy atom. The maximum Gasteiger partial charge on any atom is 0.162 e. The predicted molar refractivity (Wildman–Crippen MR) is 249 cm³/mol. The van der Waals surface area contributed by atoms with Crippen molar-refractivity contribution in [1.82, 2.24) is 9.38 Å². The number of rotatable bonds is 11. The van der Waals surface area contributed by atoms with Crippen molar-refractivity contribution in [3.8, 4) is 11.1 Å². The normalized spacial score (nSPS) is 12.4. The first-order valence-electron chi connectivity index (χ1n) is 21.8. The van der Waals surface area contributed by atoms with Gasteiger partial charge in [-0.25, -0.2) is 0 Å². The van der Waals surface area contributed by atoms with Crippen molar-refractivity contribution in [3.05, 3.63) is 119 Å². The Morgan fingerprint density at radius 3 is 1.93 bits per heavy atom. The molecule has 0 aliphatic heterocycles. The molecule has 0 saturated heterocycles. The summed E-state index contributed by atoms with van der Waals surface area (Å²) in [6.07, 6.45) is 6.89. The molecule has 0 unspecified atom stereocenters. The molecule has 4 nitrogen and oxygen atoms in total.